The molecule has 1 fully saturated rings. The maximum atomic E-state index is 6.28. The van der Waals surface area contributed by atoms with Gasteiger partial charge in [0.25, 0.3) is 0 Å². The molecule has 1 aliphatic heterocycles. The largest absolute Gasteiger partial charge is 0.350 e. The molecule has 2 unspecified atom stereocenters. The Bertz CT molecular complexity index is 422. The lowest BCUT2D eigenvalue weighted by Crippen LogP contribution is -2.46. The van der Waals surface area contributed by atoms with Gasteiger partial charge in [-0.25, -0.2) is 0 Å². The summed E-state index contributed by atoms with van der Waals surface area (Å²) in [6.07, 6.45) is 2.49. The van der Waals surface area contributed by atoms with E-state index >= 15 is 0 Å². The zero-order valence-corrected chi connectivity index (χ0v) is 13.5. The van der Waals surface area contributed by atoms with Crippen molar-refractivity contribution in [3.8, 4) is 0 Å². The van der Waals surface area contributed by atoms with Crippen molar-refractivity contribution in [1.82, 2.24) is 0 Å². The lowest BCUT2D eigenvalue weighted by molar-refractivity contribution is -0.308. The molecule has 112 valence electrons. The van der Waals surface area contributed by atoms with Crippen LogP contribution in [0, 0.1) is 11.3 Å². The van der Waals surface area contributed by atoms with Crippen LogP contribution in [0.5, 0.6) is 0 Å². The van der Waals surface area contributed by atoms with Crippen LogP contribution in [0.2, 0.25) is 0 Å². The first-order valence-electron chi connectivity index (χ1n) is 7.72. The van der Waals surface area contributed by atoms with Crippen molar-refractivity contribution in [1.29, 1.82) is 0 Å². The van der Waals surface area contributed by atoms with Gasteiger partial charge >= 0.3 is 0 Å². The Morgan fingerprint density at radius 3 is 2.45 bits per heavy atom. The molecule has 1 saturated heterocycles. The second kappa shape index (κ2) is 5.87. The van der Waals surface area contributed by atoms with E-state index in [1.807, 2.05) is 13.8 Å². The van der Waals surface area contributed by atoms with E-state index in [1.54, 1.807) is 0 Å². The SMILES string of the molecule is CCCC(C)(C)C1COC(C)(C)OC1c1ccccc1. The summed E-state index contributed by atoms with van der Waals surface area (Å²) in [7, 11) is 0. The molecule has 1 aromatic rings. The molecule has 0 spiro atoms. The van der Waals surface area contributed by atoms with E-state index in [4.69, 9.17) is 9.47 Å². The van der Waals surface area contributed by atoms with Gasteiger partial charge in [-0.3, -0.25) is 0 Å². The van der Waals surface area contributed by atoms with Crippen molar-refractivity contribution in [2.24, 2.45) is 11.3 Å². The predicted molar refractivity (Wildman–Crippen MR) is 82.5 cm³/mol. The maximum Gasteiger partial charge on any atom is 0.163 e. The van der Waals surface area contributed by atoms with Crippen LogP contribution in [-0.2, 0) is 9.47 Å². The Kier molecular flexibility index (Phi) is 4.55. The molecule has 0 N–H and O–H groups in total. The van der Waals surface area contributed by atoms with Gasteiger partial charge in [-0.05, 0) is 31.2 Å². The van der Waals surface area contributed by atoms with Crippen LogP contribution in [0.15, 0.2) is 30.3 Å². The molecule has 0 radical (unpaired) electrons. The molecule has 2 rings (SSSR count). The number of ether oxygens (including phenoxy) is 2. The molecule has 2 atom stereocenters. The molecule has 1 aliphatic rings. The fourth-order valence-electron chi connectivity index (χ4n) is 3.21. The molecular weight excluding hydrogens is 248 g/mol. The average molecular weight is 276 g/mol. The minimum Gasteiger partial charge on any atom is -0.350 e. The van der Waals surface area contributed by atoms with Crippen molar-refractivity contribution in [2.75, 3.05) is 6.61 Å². The van der Waals surface area contributed by atoms with Crippen molar-refractivity contribution in [2.45, 2.75) is 59.4 Å². The van der Waals surface area contributed by atoms with Crippen LogP contribution in [-0.4, -0.2) is 12.4 Å². The second-order valence-corrected chi connectivity index (χ2v) is 7.01. The van der Waals surface area contributed by atoms with Gasteiger partial charge in [0.2, 0.25) is 0 Å². The molecule has 2 nitrogen and oxygen atoms in total. The number of hydrogen-bond acceptors (Lipinski definition) is 2. The van der Waals surface area contributed by atoms with E-state index in [9.17, 15) is 0 Å². The van der Waals surface area contributed by atoms with Gasteiger partial charge in [0.1, 0.15) is 0 Å². The van der Waals surface area contributed by atoms with Gasteiger partial charge in [-0.15, -0.1) is 0 Å². The summed E-state index contributed by atoms with van der Waals surface area (Å²) >= 11 is 0. The molecule has 0 saturated carbocycles. The van der Waals surface area contributed by atoms with Gasteiger partial charge in [0.05, 0.1) is 12.7 Å². The van der Waals surface area contributed by atoms with Crippen LogP contribution < -0.4 is 0 Å². The third-order valence-electron chi connectivity index (χ3n) is 4.41. The van der Waals surface area contributed by atoms with Gasteiger partial charge in [-0.2, -0.15) is 0 Å². The maximum absolute atomic E-state index is 6.28. The summed E-state index contributed by atoms with van der Waals surface area (Å²) in [5.41, 5.74) is 1.48. The molecule has 1 aromatic carbocycles. The lowest BCUT2D eigenvalue weighted by Gasteiger charge is -2.47. The summed E-state index contributed by atoms with van der Waals surface area (Å²) in [5, 5.41) is 0. The van der Waals surface area contributed by atoms with Crippen molar-refractivity contribution in [3.63, 3.8) is 0 Å². The van der Waals surface area contributed by atoms with Crippen LogP contribution in [0.25, 0.3) is 0 Å². The third kappa shape index (κ3) is 3.42. The summed E-state index contributed by atoms with van der Waals surface area (Å²) in [6.45, 7) is 11.7. The number of rotatable bonds is 4. The van der Waals surface area contributed by atoms with Crippen molar-refractivity contribution < 1.29 is 9.47 Å². The Balaban J connectivity index is 2.30. The summed E-state index contributed by atoms with van der Waals surface area (Å²) in [5.74, 6) is -0.114. The van der Waals surface area contributed by atoms with E-state index in [2.05, 4.69) is 51.1 Å². The molecule has 20 heavy (non-hydrogen) atoms. The van der Waals surface area contributed by atoms with Gasteiger partial charge < -0.3 is 9.47 Å². The molecule has 2 heteroatoms. The van der Waals surface area contributed by atoms with Gasteiger partial charge in [-0.1, -0.05) is 57.5 Å². The molecule has 0 bridgehead atoms. The third-order valence-corrected chi connectivity index (χ3v) is 4.41. The molecule has 0 aliphatic carbocycles. The summed E-state index contributed by atoms with van der Waals surface area (Å²) in [6, 6.07) is 10.6. The Labute approximate surface area is 123 Å². The highest BCUT2D eigenvalue weighted by Crippen LogP contribution is 2.46. The monoisotopic (exact) mass is 276 g/mol. The fourth-order valence-corrected chi connectivity index (χ4v) is 3.21. The van der Waals surface area contributed by atoms with Crippen LogP contribution in [0.3, 0.4) is 0 Å². The second-order valence-electron chi connectivity index (χ2n) is 7.01. The Morgan fingerprint density at radius 1 is 1.20 bits per heavy atom. The summed E-state index contributed by atoms with van der Waals surface area (Å²) < 4.78 is 12.2. The smallest absolute Gasteiger partial charge is 0.163 e. The first-order valence-corrected chi connectivity index (χ1v) is 7.72. The van der Waals surface area contributed by atoms with E-state index in [0.29, 0.717) is 5.92 Å². The van der Waals surface area contributed by atoms with Crippen molar-refractivity contribution >= 4 is 0 Å². The topological polar surface area (TPSA) is 18.5 Å². The number of hydrogen-bond donors (Lipinski definition) is 0. The highest BCUT2D eigenvalue weighted by atomic mass is 16.7. The normalized spacial score (nSPS) is 26.4. The minimum atomic E-state index is -0.501. The highest BCUT2D eigenvalue weighted by Gasteiger charge is 2.44. The van der Waals surface area contributed by atoms with Gasteiger partial charge in [0, 0.05) is 5.92 Å². The quantitative estimate of drug-likeness (QED) is 0.774. The molecule has 0 aromatic heterocycles. The molecule has 1 heterocycles. The van der Waals surface area contributed by atoms with E-state index in [1.165, 1.54) is 18.4 Å². The fraction of sp³-hybridized carbons (Fsp3) is 0.667. The van der Waals surface area contributed by atoms with Crippen LogP contribution in [0.1, 0.15) is 59.1 Å². The zero-order chi connectivity index (χ0) is 14.8. The van der Waals surface area contributed by atoms with Gasteiger partial charge in [0.15, 0.2) is 5.79 Å². The molecule has 0 amide bonds. The average Bonchev–Trinajstić information content (AvgIpc) is 2.38. The first-order chi connectivity index (χ1) is 9.36. The van der Waals surface area contributed by atoms with Crippen LogP contribution >= 0.6 is 0 Å². The standard InChI is InChI=1S/C18H28O2/c1-6-12-17(2,3)15-13-19-18(4,5)20-16(15)14-10-8-7-9-11-14/h7-11,15-16H,6,12-13H2,1-5H3. The van der Waals surface area contributed by atoms with Crippen molar-refractivity contribution in [3.05, 3.63) is 35.9 Å². The zero-order valence-electron chi connectivity index (χ0n) is 13.5. The van der Waals surface area contributed by atoms with E-state index in [-0.39, 0.29) is 11.5 Å². The highest BCUT2D eigenvalue weighted by molar-refractivity contribution is 5.19. The predicted octanol–water partition coefficient (Wildman–Crippen LogP) is 4.95. The van der Waals surface area contributed by atoms with E-state index in [0.717, 1.165) is 6.61 Å². The minimum absolute atomic E-state index is 0.112. The molecular formula is C18H28O2. The lowest BCUT2D eigenvalue weighted by atomic mass is 9.71. The van der Waals surface area contributed by atoms with Crippen LogP contribution in [0.4, 0.5) is 0 Å². The number of benzene rings is 1. The Morgan fingerprint density at radius 2 is 1.85 bits per heavy atom. The first kappa shape index (κ1) is 15.5. The van der Waals surface area contributed by atoms with E-state index < -0.39 is 5.79 Å². The summed E-state index contributed by atoms with van der Waals surface area (Å²) in [4.78, 5) is 0. The Hall–Kier alpha value is -0.860.